The molecule has 0 N–H and O–H groups in total. The van der Waals surface area contributed by atoms with Crippen LogP contribution in [0.3, 0.4) is 0 Å². The Morgan fingerprint density at radius 1 is 1.35 bits per heavy atom. The Bertz CT molecular complexity index is 696. The Hall–Kier alpha value is -2.08. The van der Waals surface area contributed by atoms with Gasteiger partial charge in [0, 0.05) is 24.1 Å². The second-order valence-electron chi connectivity index (χ2n) is 6.00. The quantitative estimate of drug-likeness (QED) is 0.810. The molecule has 0 saturated carbocycles. The molecule has 124 valence electrons. The average molecular weight is 318 g/mol. The van der Waals surface area contributed by atoms with Crippen LogP contribution < -0.4 is 0 Å². The highest BCUT2D eigenvalue weighted by molar-refractivity contribution is 5.91. The lowest BCUT2D eigenvalue weighted by Crippen LogP contribution is -2.26. The molecule has 6 heteroatoms. The highest BCUT2D eigenvalue weighted by atomic mass is 16.6. The first-order chi connectivity index (χ1) is 11.1. The molecule has 0 aliphatic carbocycles. The highest BCUT2D eigenvalue weighted by Crippen LogP contribution is 2.22. The summed E-state index contributed by atoms with van der Waals surface area (Å²) in [5, 5.41) is 4.02. The fourth-order valence-corrected chi connectivity index (χ4v) is 2.97. The summed E-state index contributed by atoms with van der Waals surface area (Å²) in [6.45, 7) is 6.71. The zero-order valence-electron chi connectivity index (χ0n) is 13.8. The number of nitrogens with zero attached hydrogens (tertiary/aromatic N) is 2. The Balaban J connectivity index is 1.73. The van der Waals surface area contributed by atoms with Crippen molar-refractivity contribution in [3.8, 4) is 5.82 Å². The lowest BCUT2D eigenvalue weighted by atomic mass is 10.1. The van der Waals surface area contributed by atoms with Crippen molar-refractivity contribution in [1.29, 1.82) is 0 Å². The predicted molar refractivity (Wildman–Crippen MR) is 83.9 cm³/mol. The van der Waals surface area contributed by atoms with Crippen molar-refractivity contribution < 1.29 is 18.8 Å². The van der Waals surface area contributed by atoms with Gasteiger partial charge in [0.1, 0.15) is 12.4 Å². The molecule has 0 radical (unpaired) electrons. The van der Waals surface area contributed by atoms with E-state index >= 15 is 0 Å². The Kier molecular flexibility index (Phi) is 4.52. The third-order valence-electron chi connectivity index (χ3n) is 4.17. The summed E-state index contributed by atoms with van der Waals surface area (Å²) >= 11 is 0. The third-order valence-corrected chi connectivity index (χ3v) is 4.17. The van der Waals surface area contributed by atoms with Gasteiger partial charge in [-0.3, -0.25) is 4.57 Å². The number of hydrogen-bond donors (Lipinski definition) is 0. The maximum absolute atomic E-state index is 12.4. The van der Waals surface area contributed by atoms with Gasteiger partial charge in [0.25, 0.3) is 0 Å². The fraction of sp³-hybridized carbons (Fsp3) is 0.529. The van der Waals surface area contributed by atoms with E-state index in [9.17, 15) is 4.79 Å². The van der Waals surface area contributed by atoms with Gasteiger partial charge < -0.3 is 14.0 Å². The summed E-state index contributed by atoms with van der Waals surface area (Å²) < 4.78 is 18.0. The van der Waals surface area contributed by atoms with Crippen LogP contribution in [-0.2, 0) is 9.47 Å². The average Bonchev–Trinajstić information content (AvgIpc) is 3.09. The summed E-state index contributed by atoms with van der Waals surface area (Å²) in [5.74, 6) is 1.08. The number of carbonyl (C=O) groups excluding carboxylic acids is 1. The van der Waals surface area contributed by atoms with Gasteiger partial charge in [0.15, 0.2) is 5.82 Å². The smallest absolute Gasteiger partial charge is 0.340 e. The number of aryl methyl sites for hydroxylation is 2. The lowest BCUT2D eigenvalue weighted by Gasteiger charge is -2.22. The van der Waals surface area contributed by atoms with Gasteiger partial charge in [0.05, 0.1) is 11.7 Å². The number of rotatable bonds is 4. The van der Waals surface area contributed by atoms with Crippen LogP contribution >= 0.6 is 0 Å². The van der Waals surface area contributed by atoms with Crippen molar-refractivity contribution in [2.75, 3.05) is 13.2 Å². The SMILES string of the molecule is Cc1cc(-n2c(C)cc(C(=O)OC[C@@H]3CCCCO3)c2C)no1. The van der Waals surface area contributed by atoms with Gasteiger partial charge >= 0.3 is 5.97 Å². The van der Waals surface area contributed by atoms with Gasteiger partial charge in [-0.25, -0.2) is 4.79 Å². The number of aromatic nitrogens is 2. The van der Waals surface area contributed by atoms with E-state index in [1.54, 1.807) is 0 Å². The minimum absolute atomic E-state index is 0.0226. The van der Waals surface area contributed by atoms with Gasteiger partial charge in [-0.15, -0.1) is 0 Å². The standard InChI is InChI=1S/C17H22N2O4/c1-11-8-15(13(3)19(11)16-9-12(2)23-18-16)17(20)22-10-14-6-4-5-7-21-14/h8-9,14H,4-7,10H2,1-3H3/t14-/m0/s1. The van der Waals surface area contributed by atoms with Crippen LogP contribution in [0.25, 0.3) is 5.82 Å². The van der Waals surface area contributed by atoms with Crippen LogP contribution in [0.1, 0.15) is 46.8 Å². The maximum atomic E-state index is 12.4. The summed E-state index contributed by atoms with van der Waals surface area (Å²) in [7, 11) is 0. The maximum Gasteiger partial charge on any atom is 0.340 e. The van der Waals surface area contributed by atoms with Gasteiger partial charge in [-0.2, -0.15) is 0 Å². The number of ether oxygens (including phenoxy) is 2. The lowest BCUT2D eigenvalue weighted by molar-refractivity contribution is -0.0300. The molecule has 2 aromatic heterocycles. The third kappa shape index (κ3) is 3.32. The molecule has 3 rings (SSSR count). The molecule has 0 bridgehead atoms. The molecule has 1 aliphatic rings. The predicted octanol–water partition coefficient (Wildman–Crippen LogP) is 3.12. The molecule has 6 nitrogen and oxygen atoms in total. The topological polar surface area (TPSA) is 66.5 Å². The Labute approximate surface area is 135 Å². The van der Waals surface area contributed by atoms with Crippen LogP contribution in [0.4, 0.5) is 0 Å². The second-order valence-corrected chi connectivity index (χ2v) is 6.00. The van der Waals surface area contributed by atoms with E-state index in [1.807, 2.05) is 37.5 Å². The Morgan fingerprint density at radius 2 is 2.17 bits per heavy atom. The zero-order chi connectivity index (χ0) is 16.4. The molecular formula is C17H22N2O4. The molecule has 1 atom stereocenters. The molecule has 0 spiro atoms. The summed E-state index contributed by atoms with van der Waals surface area (Å²) in [6.07, 6.45) is 3.18. The Morgan fingerprint density at radius 3 is 2.83 bits per heavy atom. The minimum atomic E-state index is -0.321. The molecule has 0 aromatic carbocycles. The van der Waals surface area contributed by atoms with Gasteiger partial charge in [-0.1, -0.05) is 5.16 Å². The normalized spacial score (nSPS) is 18.1. The molecule has 0 amide bonds. The molecular weight excluding hydrogens is 296 g/mol. The van der Waals surface area contributed by atoms with Crippen molar-refractivity contribution >= 4 is 5.97 Å². The highest BCUT2D eigenvalue weighted by Gasteiger charge is 2.21. The van der Waals surface area contributed by atoms with Crippen molar-refractivity contribution in [1.82, 2.24) is 9.72 Å². The van der Waals surface area contributed by atoms with E-state index in [0.29, 0.717) is 18.0 Å². The summed E-state index contributed by atoms with van der Waals surface area (Å²) in [5.41, 5.74) is 2.26. The first-order valence-corrected chi connectivity index (χ1v) is 7.97. The van der Waals surface area contributed by atoms with E-state index in [0.717, 1.165) is 43.0 Å². The molecule has 0 unspecified atom stereocenters. The van der Waals surface area contributed by atoms with E-state index in [2.05, 4.69) is 5.16 Å². The van der Waals surface area contributed by atoms with Gasteiger partial charge in [0.2, 0.25) is 0 Å². The number of esters is 1. The first kappa shape index (κ1) is 15.8. The van der Waals surface area contributed by atoms with Crippen LogP contribution in [0, 0.1) is 20.8 Å². The zero-order valence-corrected chi connectivity index (χ0v) is 13.8. The van der Waals surface area contributed by atoms with Crippen molar-refractivity contribution in [2.24, 2.45) is 0 Å². The first-order valence-electron chi connectivity index (χ1n) is 7.97. The van der Waals surface area contributed by atoms with Crippen LogP contribution in [-0.4, -0.2) is 35.0 Å². The molecule has 1 aliphatic heterocycles. The van der Waals surface area contributed by atoms with Crippen molar-refractivity contribution in [3.63, 3.8) is 0 Å². The van der Waals surface area contributed by atoms with Crippen molar-refractivity contribution in [3.05, 3.63) is 34.8 Å². The fourth-order valence-electron chi connectivity index (χ4n) is 2.97. The number of hydrogen-bond acceptors (Lipinski definition) is 5. The van der Waals surface area contributed by atoms with E-state index in [4.69, 9.17) is 14.0 Å². The summed E-state index contributed by atoms with van der Waals surface area (Å²) in [6, 6.07) is 3.66. The van der Waals surface area contributed by atoms with E-state index < -0.39 is 0 Å². The van der Waals surface area contributed by atoms with E-state index in [1.165, 1.54) is 0 Å². The van der Waals surface area contributed by atoms with Crippen LogP contribution in [0.5, 0.6) is 0 Å². The monoisotopic (exact) mass is 318 g/mol. The number of carbonyl (C=O) groups is 1. The van der Waals surface area contributed by atoms with Crippen LogP contribution in [0.15, 0.2) is 16.7 Å². The molecule has 2 aromatic rings. The van der Waals surface area contributed by atoms with Crippen LogP contribution in [0.2, 0.25) is 0 Å². The molecule has 1 fully saturated rings. The second kappa shape index (κ2) is 6.58. The molecule has 3 heterocycles. The minimum Gasteiger partial charge on any atom is -0.459 e. The van der Waals surface area contributed by atoms with E-state index in [-0.39, 0.29) is 12.1 Å². The van der Waals surface area contributed by atoms with Crippen molar-refractivity contribution in [2.45, 2.75) is 46.1 Å². The van der Waals surface area contributed by atoms with Gasteiger partial charge in [-0.05, 0) is 46.1 Å². The largest absolute Gasteiger partial charge is 0.459 e. The summed E-state index contributed by atoms with van der Waals surface area (Å²) in [4.78, 5) is 12.4. The molecule has 1 saturated heterocycles. The molecule has 23 heavy (non-hydrogen) atoms.